The summed E-state index contributed by atoms with van der Waals surface area (Å²) in [7, 11) is 0. The zero-order valence-corrected chi connectivity index (χ0v) is 10.2. The quantitative estimate of drug-likeness (QED) is 0.826. The smallest absolute Gasteiger partial charge is 0.404 e. The second-order valence-electron chi connectivity index (χ2n) is 3.99. The highest BCUT2D eigenvalue weighted by Crippen LogP contribution is 2.46. The van der Waals surface area contributed by atoms with Gasteiger partial charge in [0.2, 0.25) is 5.95 Å². The van der Waals surface area contributed by atoms with Crippen LogP contribution in [0.3, 0.4) is 0 Å². The van der Waals surface area contributed by atoms with Crippen LogP contribution in [0.5, 0.6) is 0 Å². The van der Waals surface area contributed by atoms with Crippen LogP contribution in [0, 0.1) is 5.95 Å². The maximum atomic E-state index is 14.2. The second kappa shape index (κ2) is 4.21. The first-order valence-corrected chi connectivity index (χ1v) is 5.71. The lowest BCUT2D eigenvalue weighted by molar-refractivity contribution is 0.0225. The Hall–Kier alpha value is -1.24. The van der Waals surface area contributed by atoms with E-state index >= 15 is 0 Å². The van der Waals surface area contributed by atoms with Gasteiger partial charge in [0, 0.05) is 24.4 Å². The molecule has 1 heterocycles. The molecule has 1 aromatic rings. The number of halogens is 3. The lowest BCUT2D eigenvalue weighted by Gasteiger charge is -2.41. The number of hydrogen-bond acceptors (Lipinski definition) is 2. The molecule has 0 aromatic carbocycles. The highest BCUT2D eigenvalue weighted by Gasteiger charge is 2.48. The first-order valence-electron chi connectivity index (χ1n) is 4.91. The van der Waals surface area contributed by atoms with Gasteiger partial charge >= 0.3 is 6.09 Å². The van der Waals surface area contributed by atoms with Crippen molar-refractivity contribution in [3.63, 3.8) is 0 Å². The number of alkyl halides is 1. The van der Waals surface area contributed by atoms with Gasteiger partial charge in [0.15, 0.2) is 0 Å². The van der Waals surface area contributed by atoms with Crippen molar-refractivity contribution in [2.75, 3.05) is 0 Å². The lowest BCUT2D eigenvalue weighted by Crippen LogP contribution is -2.51. The maximum Gasteiger partial charge on any atom is 0.404 e. The number of hydrogen-bond donors (Lipinski definition) is 2. The Morgan fingerprint density at radius 3 is 2.76 bits per heavy atom. The largest absolute Gasteiger partial charge is 0.465 e. The number of rotatable bonds is 2. The molecule has 7 heteroatoms. The van der Waals surface area contributed by atoms with Crippen LogP contribution >= 0.6 is 15.9 Å². The van der Waals surface area contributed by atoms with Gasteiger partial charge in [0.05, 0.1) is 0 Å². The molecule has 0 saturated heterocycles. The minimum atomic E-state index is -1.83. The minimum Gasteiger partial charge on any atom is -0.465 e. The topological polar surface area (TPSA) is 62.2 Å². The number of aromatic nitrogens is 1. The van der Waals surface area contributed by atoms with E-state index in [-0.39, 0.29) is 18.4 Å². The van der Waals surface area contributed by atoms with Crippen molar-refractivity contribution in [3.05, 3.63) is 28.2 Å². The van der Waals surface area contributed by atoms with Crippen LogP contribution in [0.4, 0.5) is 13.6 Å². The minimum absolute atomic E-state index is 0.0699. The lowest BCUT2D eigenvalue weighted by atomic mass is 9.73. The van der Waals surface area contributed by atoms with Crippen molar-refractivity contribution in [3.8, 4) is 0 Å². The predicted octanol–water partition coefficient (Wildman–Crippen LogP) is 2.58. The van der Waals surface area contributed by atoms with Crippen molar-refractivity contribution in [2.45, 2.75) is 24.6 Å². The molecule has 0 spiro atoms. The summed E-state index contributed by atoms with van der Waals surface area (Å²) in [6.07, 6.45) is -1.34. The van der Waals surface area contributed by atoms with Gasteiger partial charge in [-0.1, -0.05) is 0 Å². The summed E-state index contributed by atoms with van der Waals surface area (Å²) in [5, 5.41) is 10.6. The summed E-state index contributed by atoms with van der Waals surface area (Å²) >= 11 is 2.98. The Kier molecular flexibility index (Phi) is 3.03. The molecular formula is C10H9BrF2N2O2. The normalized spacial score (nSPS) is 27.4. The van der Waals surface area contributed by atoms with Crippen LogP contribution in [-0.2, 0) is 5.67 Å². The summed E-state index contributed by atoms with van der Waals surface area (Å²) in [5.41, 5.74) is -1.95. The first-order chi connectivity index (χ1) is 7.90. The van der Waals surface area contributed by atoms with E-state index in [0.717, 1.165) is 0 Å². The molecule has 1 aliphatic carbocycles. The second-order valence-corrected chi connectivity index (χ2v) is 4.80. The fourth-order valence-corrected chi connectivity index (χ4v) is 2.25. The monoisotopic (exact) mass is 306 g/mol. The van der Waals surface area contributed by atoms with Crippen molar-refractivity contribution in [2.24, 2.45) is 0 Å². The Bertz CT molecular complexity index is 464. The highest BCUT2D eigenvalue weighted by atomic mass is 79.9. The number of nitrogens with zero attached hydrogens (tertiary/aromatic N) is 1. The molecule has 1 aromatic heterocycles. The molecule has 2 rings (SSSR count). The molecule has 1 saturated carbocycles. The fourth-order valence-electron chi connectivity index (χ4n) is 1.96. The summed E-state index contributed by atoms with van der Waals surface area (Å²) in [6, 6.07) is 2.31. The van der Waals surface area contributed by atoms with Gasteiger partial charge in [-0.05, 0) is 28.1 Å². The van der Waals surface area contributed by atoms with Crippen LogP contribution in [0.2, 0.25) is 0 Å². The molecule has 0 unspecified atom stereocenters. The van der Waals surface area contributed by atoms with E-state index in [1.54, 1.807) is 0 Å². The molecule has 0 atom stereocenters. The van der Waals surface area contributed by atoms with Crippen LogP contribution < -0.4 is 5.32 Å². The molecule has 4 nitrogen and oxygen atoms in total. The molecule has 17 heavy (non-hydrogen) atoms. The number of nitrogens with one attached hydrogen (secondary N) is 1. The molecule has 0 bridgehead atoms. The Labute approximate surface area is 104 Å². The standard InChI is InChI=1S/C10H9BrF2N2O2/c11-7-2-1-6(8(12)15-7)10(13)3-5(4-10)14-9(16)17/h1-2,5,14H,3-4H2,(H,16,17). The van der Waals surface area contributed by atoms with Gasteiger partial charge in [-0.15, -0.1) is 0 Å². The van der Waals surface area contributed by atoms with Crippen LogP contribution in [0.15, 0.2) is 16.7 Å². The average Bonchev–Trinajstić information content (AvgIpc) is 2.13. The van der Waals surface area contributed by atoms with Crippen LogP contribution in [0.1, 0.15) is 18.4 Å². The molecule has 92 valence electrons. The Morgan fingerprint density at radius 2 is 2.24 bits per heavy atom. The van der Waals surface area contributed by atoms with Gasteiger partial charge in [0.25, 0.3) is 0 Å². The number of carbonyl (C=O) groups is 1. The van der Waals surface area contributed by atoms with Crippen molar-refractivity contribution < 1.29 is 18.7 Å². The highest BCUT2D eigenvalue weighted by molar-refractivity contribution is 9.10. The van der Waals surface area contributed by atoms with Crippen molar-refractivity contribution >= 4 is 22.0 Å². The summed E-state index contributed by atoms with van der Waals surface area (Å²) in [4.78, 5) is 13.8. The maximum absolute atomic E-state index is 14.2. The van der Waals surface area contributed by atoms with Crippen LogP contribution in [-0.4, -0.2) is 22.2 Å². The zero-order chi connectivity index (χ0) is 12.6. The number of carboxylic acid groups (broad SMARTS) is 1. The molecule has 2 N–H and O–H groups in total. The molecule has 1 amide bonds. The number of pyridine rings is 1. The van der Waals surface area contributed by atoms with E-state index in [0.29, 0.717) is 4.60 Å². The summed E-state index contributed by atoms with van der Waals surface area (Å²) < 4.78 is 27.9. The predicted molar refractivity (Wildman–Crippen MR) is 58.9 cm³/mol. The van der Waals surface area contributed by atoms with E-state index in [2.05, 4.69) is 26.2 Å². The molecule has 0 aliphatic heterocycles. The molecule has 1 aliphatic rings. The SMILES string of the molecule is O=C(O)NC1CC(F)(c2ccc(Br)nc2F)C1. The van der Waals surface area contributed by atoms with E-state index < -0.39 is 23.8 Å². The third-order valence-corrected chi connectivity index (χ3v) is 3.21. The third kappa shape index (κ3) is 2.38. The summed E-state index contributed by atoms with van der Waals surface area (Å²) in [5.74, 6) is -0.865. The number of amides is 1. The Balaban J connectivity index is 2.11. The fraction of sp³-hybridized carbons (Fsp3) is 0.400. The zero-order valence-electron chi connectivity index (χ0n) is 8.58. The third-order valence-electron chi connectivity index (χ3n) is 2.76. The van der Waals surface area contributed by atoms with E-state index in [1.165, 1.54) is 12.1 Å². The van der Waals surface area contributed by atoms with Gasteiger partial charge in [0.1, 0.15) is 10.3 Å². The van der Waals surface area contributed by atoms with Crippen molar-refractivity contribution in [1.82, 2.24) is 10.3 Å². The molecule has 0 radical (unpaired) electrons. The van der Waals surface area contributed by atoms with Crippen molar-refractivity contribution in [1.29, 1.82) is 0 Å². The summed E-state index contributed by atoms with van der Waals surface area (Å²) in [6.45, 7) is 0. The van der Waals surface area contributed by atoms with E-state index in [4.69, 9.17) is 5.11 Å². The van der Waals surface area contributed by atoms with Crippen LogP contribution in [0.25, 0.3) is 0 Å². The van der Waals surface area contributed by atoms with Gasteiger partial charge in [-0.3, -0.25) is 0 Å². The average molecular weight is 307 g/mol. The first kappa shape index (κ1) is 12.2. The van der Waals surface area contributed by atoms with Gasteiger partial charge in [-0.25, -0.2) is 14.2 Å². The van der Waals surface area contributed by atoms with E-state index in [1.807, 2.05) is 0 Å². The molecular weight excluding hydrogens is 298 g/mol. The molecule has 1 fully saturated rings. The van der Waals surface area contributed by atoms with E-state index in [9.17, 15) is 13.6 Å². The van der Waals surface area contributed by atoms with Gasteiger partial charge in [-0.2, -0.15) is 4.39 Å². The Morgan fingerprint density at radius 1 is 1.59 bits per heavy atom. The van der Waals surface area contributed by atoms with Gasteiger partial charge < -0.3 is 10.4 Å².